The van der Waals surface area contributed by atoms with E-state index in [0.29, 0.717) is 5.75 Å². The highest BCUT2D eigenvalue weighted by Crippen LogP contribution is 2.29. The Bertz CT molecular complexity index is 1200. The van der Waals surface area contributed by atoms with Crippen LogP contribution in [-0.4, -0.2) is 32.3 Å². The van der Waals surface area contributed by atoms with E-state index in [1.807, 2.05) is 61.5 Å². The Balaban J connectivity index is 1.85. The van der Waals surface area contributed by atoms with Gasteiger partial charge in [-0.25, -0.2) is 8.42 Å². The number of ether oxygens (including phenoxy) is 1. The van der Waals surface area contributed by atoms with Gasteiger partial charge in [-0.05, 0) is 48.4 Å². The van der Waals surface area contributed by atoms with Crippen LogP contribution in [0.15, 0.2) is 82.2 Å². The molecular weight excluding hydrogens is 528 g/mol. The van der Waals surface area contributed by atoms with Crippen LogP contribution in [0.4, 0.5) is 0 Å². The SMILES string of the molecule is COc1ccc(S(=O)(=O)N(CC(=O)NC(C)c2ccc(Br)cc2)Cc2ccccc2)cc1Cl. The quantitative estimate of drug-likeness (QED) is 0.398. The lowest BCUT2D eigenvalue weighted by Crippen LogP contribution is -2.41. The number of benzene rings is 3. The summed E-state index contributed by atoms with van der Waals surface area (Å²) in [5.74, 6) is -0.0455. The average Bonchev–Trinajstić information content (AvgIpc) is 2.79. The van der Waals surface area contributed by atoms with Gasteiger partial charge < -0.3 is 10.1 Å². The maximum absolute atomic E-state index is 13.5. The zero-order valence-electron chi connectivity index (χ0n) is 18.2. The summed E-state index contributed by atoms with van der Waals surface area (Å²) >= 11 is 9.55. The molecule has 1 unspecified atom stereocenters. The van der Waals surface area contributed by atoms with Crippen LogP contribution in [0.2, 0.25) is 5.02 Å². The molecule has 0 heterocycles. The minimum absolute atomic E-state index is 0.0158. The summed E-state index contributed by atoms with van der Waals surface area (Å²) in [6.45, 7) is 1.54. The van der Waals surface area contributed by atoms with Crippen molar-refractivity contribution in [2.45, 2.75) is 24.4 Å². The number of nitrogens with one attached hydrogen (secondary N) is 1. The molecule has 0 saturated carbocycles. The van der Waals surface area contributed by atoms with Crippen molar-refractivity contribution >= 4 is 43.5 Å². The second kappa shape index (κ2) is 11.2. The molecule has 0 saturated heterocycles. The molecule has 1 amide bonds. The van der Waals surface area contributed by atoms with Crippen molar-refractivity contribution in [1.82, 2.24) is 9.62 Å². The van der Waals surface area contributed by atoms with Crippen molar-refractivity contribution in [3.8, 4) is 5.75 Å². The summed E-state index contributed by atoms with van der Waals surface area (Å²) in [6.07, 6.45) is 0. The molecule has 0 aliphatic rings. The number of carbonyl (C=O) groups is 1. The average molecular weight is 552 g/mol. The molecule has 6 nitrogen and oxygen atoms in total. The Hall–Kier alpha value is -2.39. The Morgan fingerprint density at radius 2 is 1.76 bits per heavy atom. The number of nitrogens with zero attached hydrogens (tertiary/aromatic N) is 1. The van der Waals surface area contributed by atoms with Gasteiger partial charge in [0.05, 0.1) is 29.6 Å². The van der Waals surface area contributed by atoms with Crippen molar-refractivity contribution in [3.05, 3.63) is 93.4 Å². The lowest BCUT2D eigenvalue weighted by Gasteiger charge is -2.23. The molecule has 0 fully saturated rings. The predicted octanol–water partition coefficient (Wildman–Crippen LogP) is 5.18. The number of carbonyl (C=O) groups excluding carboxylic acids is 1. The summed E-state index contributed by atoms with van der Waals surface area (Å²) in [6, 6.07) is 20.6. The molecule has 0 aromatic heterocycles. The van der Waals surface area contributed by atoms with E-state index in [9.17, 15) is 13.2 Å². The van der Waals surface area contributed by atoms with E-state index >= 15 is 0 Å². The van der Waals surface area contributed by atoms with Crippen LogP contribution in [0.1, 0.15) is 24.1 Å². The Morgan fingerprint density at radius 3 is 2.36 bits per heavy atom. The Kier molecular flexibility index (Phi) is 8.53. The maximum Gasteiger partial charge on any atom is 0.243 e. The Labute approximate surface area is 207 Å². The van der Waals surface area contributed by atoms with Crippen molar-refractivity contribution in [2.24, 2.45) is 0 Å². The van der Waals surface area contributed by atoms with Gasteiger partial charge in [-0.1, -0.05) is 70.0 Å². The van der Waals surface area contributed by atoms with Gasteiger partial charge in [0.15, 0.2) is 0 Å². The number of methoxy groups -OCH3 is 1. The lowest BCUT2D eigenvalue weighted by atomic mass is 10.1. The minimum atomic E-state index is -4.02. The second-order valence-electron chi connectivity index (χ2n) is 7.40. The summed E-state index contributed by atoms with van der Waals surface area (Å²) < 4.78 is 34.1. The van der Waals surface area contributed by atoms with Crippen LogP contribution >= 0.6 is 27.5 Å². The number of sulfonamides is 1. The molecule has 33 heavy (non-hydrogen) atoms. The van der Waals surface area contributed by atoms with Gasteiger partial charge in [0, 0.05) is 11.0 Å². The molecule has 3 aromatic carbocycles. The number of hydrogen-bond acceptors (Lipinski definition) is 4. The third kappa shape index (κ3) is 6.57. The van der Waals surface area contributed by atoms with Gasteiger partial charge in [-0.15, -0.1) is 0 Å². The molecule has 9 heteroatoms. The monoisotopic (exact) mass is 550 g/mol. The maximum atomic E-state index is 13.5. The highest BCUT2D eigenvalue weighted by Gasteiger charge is 2.28. The smallest absolute Gasteiger partial charge is 0.243 e. The number of rotatable bonds is 9. The van der Waals surface area contributed by atoms with E-state index in [1.165, 1.54) is 25.3 Å². The van der Waals surface area contributed by atoms with Crippen LogP contribution in [0.25, 0.3) is 0 Å². The predicted molar refractivity (Wildman–Crippen MR) is 133 cm³/mol. The first-order valence-corrected chi connectivity index (χ1v) is 12.7. The molecule has 3 rings (SSSR count). The van der Waals surface area contributed by atoms with Gasteiger partial charge in [0.25, 0.3) is 0 Å². The van der Waals surface area contributed by atoms with E-state index < -0.39 is 15.9 Å². The fraction of sp³-hybridized carbons (Fsp3) is 0.208. The molecule has 0 aliphatic carbocycles. The standard InChI is InChI=1S/C24H24BrClN2O4S/c1-17(19-8-10-20(25)11-9-19)27-24(29)16-28(15-18-6-4-3-5-7-18)33(30,31)21-12-13-23(32-2)22(26)14-21/h3-14,17H,15-16H2,1-2H3,(H,27,29). The van der Waals surface area contributed by atoms with Gasteiger partial charge in [-0.2, -0.15) is 4.31 Å². The molecule has 0 aliphatic heterocycles. The van der Waals surface area contributed by atoms with Gasteiger partial charge in [0.2, 0.25) is 15.9 Å². The van der Waals surface area contributed by atoms with Crippen LogP contribution < -0.4 is 10.1 Å². The van der Waals surface area contributed by atoms with Crippen LogP contribution in [-0.2, 0) is 21.4 Å². The van der Waals surface area contributed by atoms with E-state index in [-0.39, 0.29) is 29.0 Å². The first-order chi connectivity index (χ1) is 15.7. The van der Waals surface area contributed by atoms with Crippen molar-refractivity contribution in [2.75, 3.05) is 13.7 Å². The van der Waals surface area contributed by atoms with E-state index in [1.54, 1.807) is 0 Å². The molecule has 3 aromatic rings. The minimum Gasteiger partial charge on any atom is -0.495 e. The summed E-state index contributed by atoms with van der Waals surface area (Å²) in [5.41, 5.74) is 1.67. The molecule has 1 atom stereocenters. The molecular formula is C24H24BrClN2O4S. The number of amides is 1. The lowest BCUT2D eigenvalue weighted by molar-refractivity contribution is -0.122. The van der Waals surface area contributed by atoms with Gasteiger partial charge in [-0.3, -0.25) is 4.79 Å². The Morgan fingerprint density at radius 1 is 1.09 bits per heavy atom. The molecule has 174 valence electrons. The van der Waals surface area contributed by atoms with E-state index in [2.05, 4.69) is 21.2 Å². The van der Waals surface area contributed by atoms with Gasteiger partial charge >= 0.3 is 0 Å². The molecule has 1 N–H and O–H groups in total. The molecule has 0 bridgehead atoms. The third-order valence-corrected chi connectivity index (χ3v) is 7.64. The fourth-order valence-corrected chi connectivity index (χ4v) is 5.25. The van der Waals surface area contributed by atoms with Crippen LogP contribution in [0.5, 0.6) is 5.75 Å². The van der Waals surface area contributed by atoms with Crippen molar-refractivity contribution in [3.63, 3.8) is 0 Å². The first-order valence-electron chi connectivity index (χ1n) is 10.1. The van der Waals surface area contributed by atoms with Crippen LogP contribution in [0, 0.1) is 0 Å². The number of hydrogen-bond donors (Lipinski definition) is 1. The summed E-state index contributed by atoms with van der Waals surface area (Å²) in [5, 5.41) is 3.05. The third-order valence-electron chi connectivity index (χ3n) is 5.03. The zero-order chi connectivity index (χ0) is 24.0. The normalized spacial score (nSPS) is 12.4. The van der Waals surface area contributed by atoms with E-state index in [0.717, 1.165) is 19.9 Å². The molecule has 0 spiro atoms. The van der Waals surface area contributed by atoms with Crippen LogP contribution in [0.3, 0.4) is 0 Å². The van der Waals surface area contributed by atoms with E-state index in [4.69, 9.17) is 16.3 Å². The highest BCUT2D eigenvalue weighted by atomic mass is 79.9. The van der Waals surface area contributed by atoms with Gasteiger partial charge in [0.1, 0.15) is 5.75 Å². The zero-order valence-corrected chi connectivity index (χ0v) is 21.3. The fourth-order valence-electron chi connectivity index (χ4n) is 3.25. The first kappa shape index (κ1) is 25.2. The largest absolute Gasteiger partial charge is 0.495 e. The summed E-state index contributed by atoms with van der Waals surface area (Å²) in [7, 11) is -2.57. The molecule has 0 radical (unpaired) electrons. The topological polar surface area (TPSA) is 75.7 Å². The number of halogens is 2. The van der Waals surface area contributed by atoms with Crippen molar-refractivity contribution < 1.29 is 17.9 Å². The second-order valence-corrected chi connectivity index (χ2v) is 10.7. The summed E-state index contributed by atoms with van der Waals surface area (Å²) in [4.78, 5) is 12.9. The highest BCUT2D eigenvalue weighted by molar-refractivity contribution is 9.10. The van der Waals surface area contributed by atoms with Crippen molar-refractivity contribution in [1.29, 1.82) is 0 Å².